The molecule has 120 valence electrons. The van der Waals surface area contributed by atoms with Gasteiger partial charge in [-0.3, -0.25) is 4.79 Å². The highest BCUT2D eigenvalue weighted by Crippen LogP contribution is 2.31. The molecule has 0 saturated heterocycles. The summed E-state index contributed by atoms with van der Waals surface area (Å²) in [6.07, 6.45) is 1.11. The molecule has 0 aliphatic heterocycles. The number of carbonyl (C=O) groups is 1. The minimum atomic E-state index is -3.32. The standard InChI is InChI=1S/C17H14ClFO3S/c1-11(20)16(17(18)13-3-7-14(19)8-4-13)12-5-9-15(10-6-12)23(2,21)22/h3-10H,1-2H3. The van der Waals surface area contributed by atoms with Crippen LogP contribution in [-0.2, 0) is 14.6 Å². The monoisotopic (exact) mass is 352 g/mol. The van der Waals surface area contributed by atoms with Crippen molar-refractivity contribution in [1.82, 2.24) is 0 Å². The van der Waals surface area contributed by atoms with Gasteiger partial charge in [-0.2, -0.15) is 0 Å². The Labute approximate surface area is 139 Å². The molecule has 6 heteroatoms. The Bertz CT molecular complexity index is 867. The van der Waals surface area contributed by atoms with Crippen molar-refractivity contribution in [3.8, 4) is 0 Å². The van der Waals surface area contributed by atoms with E-state index in [4.69, 9.17) is 11.6 Å². The molecule has 0 aliphatic rings. The number of hydrogen-bond donors (Lipinski definition) is 0. The van der Waals surface area contributed by atoms with Gasteiger partial charge in [0.25, 0.3) is 0 Å². The smallest absolute Gasteiger partial charge is 0.175 e. The average molecular weight is 353 g/mol. The van der Waals surface area contributed by atoms with Crippen molar-refractivity contribution in [3.05, 3.63) is 65.5 Å². The van der Waals surface area contributed by atoms with Gasteiger partial charge in [0, 0.05) is 11.8 Å². The maximum Gasteiger partial charge on any atom is 0.175 e. The zero-order valence-corrected chi connectivity index (χ0v) is 14.1. The third-order valence-corrected chi connectivity index (χ3v) is 4.78. The van der Waals surface area contributed by atoms with Crippen LogP contribution in [0.25, 0.3) is 10.6 Å². The summed E-state index contributed by atoms with van der Waals surface area (Å²) in [7, 11) is -3.32. The third kappa shape index (κ3) is 4.06. The predicted molar refractivity (Wildman–Crippen MR) is 89.3 cm³/mol. The van der Waals surface area contributed by atoms with E-state index < -0.39 is 15.7 Å². The zero-order valence-electron chi connectivity index (χ0n) is 12.5. The summed E-state index contributed by atoms with van der Waals surface area (Å²) in [5, 5.41) is 0.185. The lowest BCUT2D eigenvalue weighted by atomic mass is 9.99. The number of rotatable bonds is 4. The van der Waals surface area contributed by atoms with Crippen LogP contribution in [0.3, 0.4) is 0 Å². The van der Waals surface area contributed by atoms with Gasteiger partial charge in [0.15, 0.2) is 15.6 Å². The summed E-state index contributed by atoms with van der Waals surface area (Å²) in [5.41, 5.74) is 1.25. The minimum Gasteiger partial charge on any atom is -0.294 e. The molecule has 0 atom stereocenters. The van der Waals surface area contributed by atoms with E-state index in [-0.39, 0.29) is 21.3 Å². The second-order valence-electron chi connectivity index (χ2n) is 5.05. The number of hydrogen-bond acceptors (Lipinski definition) is 3. The minimum absolute atomic E-state index is 0.155. The van der Waals surface area contributed by atoms with E-state index in [1.54, 1.807) is 0 Å². The molecule has 0 heterocycles. The molecular weight excluding hydrogens is 339 g/mol. The number of Topliss-reactive ketones (excluding diaryl/α,β-unsaturated/α-hetero) is 1. The Morgan fingerprint density at radius 2 is 1.43 bits per heavy atom. The van der Waals surface area contributed by atoms with Gasteiger partial charge >= 0.3 is 0 Å². The molecule has 0 aromatic heterocycles. The van der Waals surface area contributed by atoms with Crippen LogP contribution in [0.1, 0.15) is 18.1 Å². The number of allylic oxidation sites excluding steroid dienone is 1. The van der Waals surface area contributed by atoms with Crippen LogP contribution in [-0.4, -0.2) is 20.5 Å². The summed E-state index contributed by atoms with van der Waals surface area (Å²) < 4.78 is 36.0. The molecule has 3 nitrogen and oxygen atoms in total. The maximum absolute atomic E-state index is 13.0. The first-order valence-electron chi connectivity index (χ1n) is 6.67. The largest absolute Gasteiger partial charge is 0.294 e. The Hall–Kier alpha value is -1.98. The molecule has 2 aromatic rings. The van der Waals surface area contributed by atoms with Crippen LogP contribution in [0.4, 0.5) is 4.39 Å². The summed E-state index contributed by atoms with van der Waals surface area (Å²) in [4.78, 5) is 12.1. The van der Waals surface area contributed by atoms with Gasteiger partial charge in [0.2, 0.25) is 0 Å². The molecule has 0 saturated carbocycles. The van der Waals surface area contributed by atoms with Crippen molar-refractivity contribution in [1.29, 1.82) is 0 Å². The molecule has 0 bridgehead atoms. The first-order chi connectivity index (χ1) is 10.7. The normalized spacial score (nSPS) is 12.7. The van der Waals surface area contributed by atoms with Crippen LogP contribution in [0.2, 0.25) is 0 Å². The molecule has 0 N–H and O–H groups in total. The third-order valence-electron chi connectivity index (χ3n) is 3.24. The topological polar surface area (TPSA) is 51.2 Å². The highest BCUT2D eigenvalue weighted by atomic mass is 35.5. The second-order valence-corrected chi connectivity index (χ2v) is 7.44. The number of ketones is 1. The number of halogens is 2. The van der Waals surface area contributed by atoms with E-state index in [0.717, 1.165) is 6.26 Å². The highest BCUT2D eigenvalue weighted by molar-refractivity contribution is 7.90. The number of sulfone groups is 1. The van der Waals surface area contributed by atoms with Crippen LogP contribution in [0, 0.1) is 5.82 Å². The molecule has 0 unspecified atom stereocenters. The van der Waals surface area contributed by atoms with Gasteiger partial charge < -0.3 is 0 Å². The molecule has 0 amide bonds. The van der Waals surface area contributed by atoms with E-state index >= 15 is 0 Å². The number of benzene rings is 2. The van der Waals surface area contributed by atoms with Gasteiger partial charge in [-0.15, -0.1) is 0 Å². The van der Waals surface area contributed by atoms with Gasteiger partial charge in [-0.1, -0.05) is 35.9 Å². The Balaban J connectivity index is 2.56. The molecule has 0 radical (unpaired) electrons. The van der Waals surface area contributed by atoms with E-state index in [2.05, 4.69) is 0 Å². The van der Waals surface area contributed by atoms with Crippen LogP contribution in [0.5, 0.6) is 0 Å². The molecule has 23 heavy (non-hydrogen) atoms. The number of carbonyl (C=O) groups excluding carboxylic acids is 1. The maximum atomic E-state index is 13.0. The lowest BCUT2D eigenvalue weighted by molar-refractivity contribution is -0.111. The van der Waals surface area contributed by atoms with E-state index in [0.29, 0.717) is 11.1 Å². The Kier molecular flexibility index (Phi) is 5.02. The van der Waals surface area contributed by atoms with Gasteiger partial charge in [-0.25, -0.2) is 12.8 Å². The summed E-state index contributed by atoms with van der Waals surface area (Å²) in [6.45, 7) is 1.37. The fourth-order valence-corrected chi connectivity index (χ4v) is 3.09. The van der Waals surface area contributed by atoms with Crippen LogP contribution in [0.15, 0.2) is 53.4 Å². The SMILES string of the molecule is CC(=O)C(=C(Cl)c1ccc(F)cc1)c1ccc(S(C)(=O)=O)cc1. The van der Waals surface area contributed by atoms with E-state index in [9.17, 15) is 17.6 Å². The summed E-state index contributed by atoms with van der Waals surface area (Å²) in [6, 6.07) is 11.4. The lowest BCUT2D eigenvalue weighted by Crippen LogP contribution is -2.01. The van der Waals surface area contributed by atoms with Gasteiger partial charge in [0.1, 0.15) is 5.82 Å². The fraction of sp³-hybridized carbons (Fsp3) is 0.118. The van der Waals surface area contributed by atoms with Crippen LogP contribution < -0.4 is 0 Å². The summed E-state index contributed by atoms with van der Waals surface area (Å²) in [5.74, 6) is -0.675. The lowest BCUT2D eigenvalue weighted by Gasteiger charge is -2.09. The van der Waals surface area contributed by atoms with Crippen molar-refractivity contribution < 1.29 is 17.6 Å². The quantitative estimate of drug-likeness (QED) is 0.619. The molecule has 2 rings (SSSR count). The first kappa shape index (κ1) is 17.4. The van der Waals surface area contributed by atoms with E-state index in [1.165, 1.54) is 55.5 Å². The van der Waals surface area contributed by atoms with Crippen molar-refractivity contribution in [3.63, 3.8) is 0 Å². The Morgan fingerprint density at radius 1 is 0.957 bits per heavy atom. The highest BCUT2D eigenvalue weighted by Gasteiger charge is 2.16. The summed E-state index contributed by atoms with van der Waals surface area (Å²) >= 11 is 6.30. The first-order valence-corrected chi connectivity index (χ1v) is 8.94. The second kappa shape index (κ2) is 6.64. The fourth-order valence-electron chi connectivity index (χ4n) is 2.09. The predicted octanol–water partition coefficient (Wildman–Crippen LogP) is 3.93. The van der Waals surface area contributed by atoms with Crippen molar-refractivity contribution in [2.24, 2.45) is 0 Å². The average Bonchev–Trinajstić information content (AvgIpc) is 2.47. The van der Waals surface area contributed by atoms with Crippen molar-refractivity contribution in [2.45, 2.75) is 11.8 Å². The zero-order chi connectivity index (χ0) is 17.2. The van der Waals surface area contributed by atoms with E-state index in [1.807, 2.05) is 0 Å². The Morgan fingerprint density at radius 3 is 1.87 bits per heavy atom. The van der Waals surface area contributed by atoms with Gasteiger partial charge in [-0.05, 0) is 42.3 Å². The van der Waals surface area contributed by atoms with Crippen molar-refractivity contribution in [2.75, 3.05) is 6.26 Å². The molecule has 0 aliphatic carbocycles. The van der Waals surface area contributed by atoms with Gasteiger partial charge in [0.05, 0.1) is 9.93 Å². The van der Waals surface area contributed by atoms with Crippen molar-refractivity contribution >= 4 is 37.8 Å². The molecular formula is C17H14ClFO3S. The molecule has 2 aromatic carbocycles. The molecule has 0 fully saturated rings. The molecule has 0 spiro atoms. The van der Waals surface area contributed by atoms with Crippen LogP contribution >= 0.6 is 11.6 Å².